The maximum Gasteiger partial charge on any atom is 0.343 e. The molecule has 0 aliphatic rings. The summed E-state index contributed by atoms with van der Waals surface area (Å²) < 4.78 is 5.20. The maximum atomic E-state index is 10.9. The number of hydrogen-bond acceptors (Lipinski definition) is 4. The van der Waals surface area contributed by atoms with Crippen molar-refractivity contribution < 1.29 is 24.9 Å². The molecule has 0 aliphatic heterocycles. The van der Waals surface area contributed by atoms with Crippen LogP contribution < -0.4 is 4.74 Å². The van der Waals surface area contributed by atoms with Crippen molar-refractivity contribution in [3.05, 3.63) is 17.7 Å². The lowest BCUT2D eigenvalue weighted by Gasteiger charge is -2.10. The van der Waals surface area contributed by atoms with E-state index >= 15 is 0 Å². The van der Waals surface area contributed by atoms with E-state index in [1.54, 1.807) is 0 Å². The highest BCUT2D eigenvalue weighted by atomic mass is 16.5. The minimum absolute atomic E-state index is 0.0153. The summed E-state index contributed by atoms with van der Waals surface area (Å²) in [6.07, 6.45) is 1.68. The fraction of sp³-hybridized carbons (Fsp3) is 0.364. The van der Waals surface area contributed by atoms with Crippen molar-refractivity contribution in [2.45, 2.75) is 19.8 Å². The van der Waals surface area contributed by atoms with Crippen LogP contribution in [0, 0.1) is 0 Å². The number of carbonyl (C=O) groups is 1. The Morgan fingerprint density at radius 3 is 2.62 bits per heavy atom. The predicted octanol–water partition coefficient (Wildman–Crippen LogP) is 1.97. The van der Waals surface area contributed by atoms with Gasteiger partial charge in [0.15, 0.2) is 0 Å². The first kappa shape index (κ1) is 12.2. The van der Waals surface area contributed by atoms with Crippen LogP contribution in [-0.4, -0.2) is 27.9 Å². The van der Waals surface area contributed by atoms with Gasteiger partial charge in [0.1, 0.15) is 22.8 Å². The van der Waals surface area contributed by atoms with Crippen LogP contribution in [0.1, 0.15) is 30.1 Å². The summed E-state index contributed by atoms with van der Waals surface area (Å²) in [5.41, 5.74) is -0.325. The molecular weight excluding hydrogens is 212 g/mol. The first-order valence-electron chi connectivity index (χ1n) is 4.98. The molecule has 88 valence electrons. The van der Waals surface area contributed by atoms with Crippen LogP contribution in [0.3, 0.4) is 0 Å². The monoisotopic (exact) mass is 226 g/mol. The number of carboxylic acids is 1. The number of phenols is 2. The van der Waals surface area contributed by atoms with E-state index in [1.807, 2.05) is 6.92 Å². The Labute approximate surface area is 92.9 Å². The number of carboxylic acid groups (broad SMARTS) is 1. The number of benzene rings is 1. The molecule has 0 aromatic heterocycles. The van der Waals surface area contributed by atoms with Gasteiger partial charge in [0, 0.05) is 12.1 Å². The molecule has 16 heavy (non-hydrogen) atoms. The molecule has 0 fully saturated rings. The van der Waals surface area contributed by atoms with Gasteiger partial charge in [-0.15, -0.1) is 0 Å². The van der Waals surface area contributed by atoms with E-state index in [9.17, 15) is 15.0 Å². The number of aromatic hydroxyl groups is 2. The van der Waals surface area contributed by atoms with E-state index in [1.165, 1.54) is 6.07 Å². The van der Waals surface area contributed by atoms with E-state index in [0.29, 0.717) is 6.61 Å². The molecule has 5 heteroatoms. The average molecular weight is 226 g/mol. The van der Waals surface area contributed by atoms with Crippen LogP contribution in [0.5, 0.6) is 17.2 Å². The van der Waals surface area contributed by atoms with E-state index in [0.717, 1.165) is 18.9 Å². The Morgan fingerprint density at radius 2 is 2.06 bits per heavy atom. The lowest BCUT2D eigenvalue weighted by atomic mass is 10.1. The molecule has 0 amide bonds. The lowest BCUT2D eigenvalue weighted by Crippen LogP contribution is -2.04. The minimum Gasteiger partial charge on any atom is -0.508 e. The molecule has 0 saturated carbocycles. The molecule has 0 radical (unpaired) electrons. The van der Waals surface area contributed by atoms with Crippen molar-refractivity contribution in [1.82, 2.24) is 0 Å². The van der Waals surface area contributed by atoms with Crippen LogP contribution in [0.2, 0.25) is 0 Å². The molecule has 0 spiro atoms. The fourth-order valence-corrected chi connectivity index (χ4v) is 1.24. The van der Waals surface area contributed by atoms with Gasteiger partial charge in [-0.2, -0.15) is 0 Å². The zero-order valence-electron chi connectivity index (χ0n) is 8.93. The van der Waals surface area contributed by atoms with Crippen LogP contribution >= 0.6 is 0 Å². The second-order valence-corrected chi connectivity index (χ2v) is 3.35. The number of rotatable bonds is 5. The maximum absolute atomic E-state index is 10.9. The van der Waals surface area contributed by atoms with Gasteiger partial charge in [0.2, 0.25) is 0 Å². The molecule has 0 aliphatic carbocycles. The zero-order chi connectivity index (χ0) is 12.1. The molecule has 0 atom stereocenters. The Balaban J connectivity index is 2.99. The Hall–Kier alpha value is -1.91. The highest BCUT2D eigenvalue weighted by Crippen LogP contribution is 2.32. The number of unbranched alkanes of at least 4 members (excludes halogenated alkanes) is 1. The molecule has 1 aromatic carbocycles. The van der Waals surface area contributed by atoms with E-state index in [2.05, 4.69) is 0 Å². The standard InChI is InChI=1S/C11H14O5/c1-2-3-4-16-9-6-7(12)5-8(13)10(9)11(14)15/h5-6,12-13H,2-4H2,1H3,(H,14,15). The summed E-state index contributed by atoms with van der Waals surface area (Å²) in [4.78, 5) is 10.9. The number of phenolic OH excluding ortho intramolecular Hbond substituents is 1. The number of hydrogen-bond donors (Lipinski definition) is 3. The van der Waals surface area contributed by atoms with Gasteiger partial charge in [0.25, 0.3) is 0 Å². The molecular formula is C11H14O5. The van der Waals surface area contributed by atoms with Crippen molar-refractivity contribution in [2.24, 2.45) is 0 Å². The Morgan fingerprint density at radius 1 is 1.38 bits per heavy atom. The highest BCUT2D eigenvalue weighted by Gasteiger charge is 2.18. The van der Waals surface area contributed by atoms with Gasteiger partial charge in [-0.25, -0.2) is 4.79 Å². The van der Waals surface area contributed by atoms with Crippen LogP contribution in [0.15, 0.2) is 12.1 Å². The van der Waals surface area contributed by atoms with Gasteiger partial charge >= 0.3 is 5.97 Å². The average Bonchev–Trinajstić information content (AvgIpc) is 2.16. The summed E-state index contributed by atoms with van der Waals surface area (Å²) >= 11 is 0. The number of aromatic carboxylic acids is 1. The predicted molar refractivity (Wildman–Crippen MR) is 57.1 cm³/mol. The summed E-state index contributed by atoms with van der Waals surface area (Å²) in [5, 5.41) is 27.5. The molecule has 1 rings (SSSR count). The van der Waals surface area contributed by atoms with Crippen LogP contribution in [0.4, 0.5) is 0 Å². The largest absolute Gasteiger partial charge is 0.508 e. The molecule has 5 nitrogen and oxygen atoms in total. The summed E-state index contributed by atoms with van der Waals surface area (Å²) in [6.45, 7) is 2.32. The minimum atomic E-state index is -1.29. The van der Waals surface area contributed by atoms with E-state index < -0.39 is 11.7 Å². The van der Waals surface area contributed by atoms with Crippen LogP contribution in [0.25, 0.3) is 0 Å². The third-order valence-corrected chi connectivity index (χ3v) is 2.04. The first-order chi connectivity index (χ1) is 7.56. The Kier molecular flexibility index (Phi) is 3.99. The number of ether oxygens (including phenoxy) is 1. The molecule has 0 heterocycles. The Bertz CT molecular complexity index is 386. The zero-order valence-corrected chi connectivity index (χ0v) is 8.93. The van der Waals surface area contributed by atoms with Gasteiger partial charge in [-0.1, -0.05) is 13.3 Å². The van der Waals surface area contributed by atoms with Gasteiger partial charge in [0.05, 0.1) is 6.61 Å². The first-order valence-corrected chi connectivity index (χ1v) is 4.98. The van der Waals surface area contributed by atoms with E-state index in [4.69, 9.17) is 9.84 Å². The summed E-state index contributed by atoms with van der Waals surface area (Å²) in [6, 6.07) is 2.15. The SMILES string of the molecule is CCCCOc1cc(O)cc(O)c1C(=O)O. The van der Waals surface area contributed by atoms with E-state index in [-0.39, 0.29) is 17.1 Å². The smallest absolute Gasteiger partial charge is 0.343 e. The molecule has 0 unspecified atom stereocenters. The van der Waals surface area contributed by atoms with Gasteiger partial charge < -0.3 is 20.1 Å². The van der Waals surface area contributed by atoms with Crippen molar-refractivity contribution >= 4 is 5.97 Å². The fourth-order valence-electron chi connectivity index (χ4n) is 1.24. The molecule has 1 aromatic rings. The summed E-state index contributed by atoms with van der Waals surface area (Å²) in [7, 11) is 0. The molecule has 3 N–H and O–H groups in total. The van der Waals surface area contributed by atoms with Gasteiger partial charge in [-0.05, 0) is 6.42 Å². The highest BCUT2D eigenvalue weighted by molar-refractivity contribution is 5.94. The van der Waals surface area contributed by atoms with Crippen LogP contribution in [-0.2, 0) is 0 Å². The third kappa shape index (κ3) is 2.79. The van der Waals surface area contributed by atoms with Crippen molar-refractivity contribution in [1.29, 1.82) is 0 Å². The summed E-state index contributed by atoms with van der Waals surface area (Å²) in [5.74, 6) is -2.03. The second-order valence-electron chi connectivity index (χ2n) is 3.35. The van der Waals surface area contributed by atoms with Gasteiger partial charge in [-0.3, -0.25) is 0 Å². The van der Waals surface area contributed by atoms with Crippen molar-refractivity contribution in [3.8, 4) is 17.2 Å². The second kappa shape index (κ2) is 5.25. The lowest BCUT2D eigenvalue weighted by molar-refractivity contribution is 0.0688. The normalized spacial score (nSPS) is 10.1. The quantitative estimate of drug-likeness (QED) is 0.668. The topological polar surface area (TPSA) is 87.0 Å². The molecule has 0 saturated heterocycles. The van der Waals surface area contributed by atoms with Crippen molar-refractivity contribution in [2.75, 3.05) is 6.61 Å². The van der Waals surface area contributed by atoms with Crippen molar-refractivity contribution in [3.63, 3.8) is 0 Å². The third-order valence-electron chi connectivity index (χ3n) is 2.04. The molecule has 0 bridgehead atoms.